The Balaban J connectivity index is 1.84. The van der Waals surface area contributed by atoms with Crippen LogP contribution in [0.5, 0.6) is 5.75 Å². The van der Waals surface area contributed by atoms with E-state index in [1.54, 1.807) is 37.1 Å². The predicted molar refractivity (Wildman–Crippen MR) is 101 cm³/mol. The van der Waals surface area contributed by atoms with Crippen LogP contribution in [0.25, 0.3) is 16.9 Å². The van der Waals surface area contributed by atoms with Crippen LogP contribution in [0.2, 0.25) is 0 Å². The van der Waals surface area contributed by atoms with Crippen molar-refractivity contribution in [3.05, 3.63) is 80.8 Å². The number of hydrogen-bond acceptors (Lipinski definition) is 5. The van der Waals surface area contributed by atoms with Crippen molar-refractivity contribution in [3.8, 4) is 11.7 Å². The fourth-order valence-corrected chi connectivity index (χ4v) is 3.07. The molecule has 0 aliphatic heterocycles. The van der Waals surface area contributed by atoms with E-state index in [-0.39, 0.29) is 17.1 Å². The molecule has 3 aromatic heterocycles. The highest BCUT2D eigenvalue weighted by Crippen LogP contribution is 2.15. The molecule has 136 valence electrons. The normalized spacial score (nSPS) is 11.0. The third-order valence-corrected chi connectivity index (χ3v) is 4.47. The van der Waals surface area contributed by atoms with Crippen molar-refractivity contribution in [2.75, 3.05) is 7.11 Å². The molecule has 0 radical (unpaired) electrons. The third-order valence-electron chi connectivity index (χ3n) is 4.47. The summed E-state index contributed by atoms with van der Waals surface area (Å²) < 4.78 is 7.98. The maximum atomic E-state index is 12.9. The number of methoxy groups -OCH3 is 1. The van der Waals surface area contributed by atoms with E-state index in [1.165, 1.54) is 10.7 Å². The Morgan fingerprint density at radius 2 is 1.81 bits per heavy atom. The van der Waals surface area contributed by atoms with Crippen LogP contribution >= 0.6 is 0 Å². The molecule has 0 atom stereocenters. The highest BCUT2D eigenvalue weighted by Gasteiger charge is 2.16. The molecular weight excluding hydrogens is 346 g/mol. The van der Waals surface area contributed by atoms with Gasteiger partial charge >= 0.3 is 0 Å². The molecule has 0 spiro atoms. The first-order chi connectivity index (χ1) is 13.1. The van der Waals surface area contributed by atoms with Gasteiger partial charge in [-0.1, -0.05) is 12.1 Å². The topological polar surface area (TPSA) is 94.8 Å². The van der Waals surface area contributed by atoms with Crippen molar-refractivity contribution < 1.29 is 4.74 Å². The van der Waals surface area contributed by atoms with E-state index in [4.69, 9.17) is 4.74 Å². The quantitative estimate of drug-likeness (QED) is 0.595. The largest absolute Gasteiger partial charge is 0.497 e. The third kappa shape index (κ3) is 2.91. The van der Waals surface area contributed by atoms with E-state index < -0.39 is 0 Å². The summed E-state index contributed by atoms with van der Waals surface area (Å²) in [6, 6.07) is 10.5. The highest BCUT2D eigenvalue weighted by atomic mass is 16.5. The van der Waals surface area contributed by atoms with Crippen molar-refractivity contribution in [1.29, 1.82) is 0 Å². The van der Waals surface area contributed by atoms with Gasteiger partial charge < -0.3 is 9.30 Å². The Morgan fingerprint density at radius 3 is 2.48 bits per heavy atom. The second kappa shape index (κ2) is 6.56. The molecule has 0 bridgehead atoms. The first-order valence-electron chi connectivity index (χ1n) is 8.34. The SMILES string of the molecule is COc1ccc(Cn2c(C)c3c(=O)n(-c4ncccn4)[nH]c3cc2=O)cc1. The summed E-state index contributed by atoms with van der Waals surface area (Å²) in [6.07, 6.45) is 3.10. The number of nitrogens with one attached hydrogen (secondary N) is 1. The van der Waals surface area contributed by atoms with Gasteiger partial charge in [-0.05, 0) is 30.7 Å². The fraction of sp³-hybridized carbons (Fsp3) is 0.158. The molecule has 0 aliphatic rings. The molecule has 1 N–H and O–H groups in total. The van der Waals surface area contributed by atoms with Crippen LogP contribution in [0.4, 0.5) is 0 Å². The number of H-pyrrole nitrogens is 1. The Bertz CT molecular complexity index is 1220. The molecule has 0 aliphatic carbocycles. The predicted octanol–water partition coefficient (Wildman–Crippen LogP) is 1.64. The summed E-state index contributed by atoms with van der Waals surface area (Å²) in [5.41, 5.74) is 1.49. The van der Waals surface area contributed by atoms with Gasteiger partial charge in [-0.3, -0.25) is 14.7 Å². The Kier molecular flexibility index (Phi) is 4.08. The second-order valence-electron chi connectivity index (χ2n) is 6.09. The number of fused-ring (bicyclic) bond motifs is 1. The molecule has 4 aromatic rings. The number of benzene rings is 1. The molecule has 1 aromatic carbocycles. The van der Waals surface area contributed by atoms with Crippen molar-refractivity contribution >= 4 is 10.9 Å². The summed E-state index contributed by atoms with van der Waals surface area (Å²) in [5, 5.41) is 3.36. The Hall–Kier alpha value is -3.68. The lowest BCUT2D eigenvalue weighted by atomic mass is 10.2. The number of aromatic nitrogens is 5. The minimum absolute atomic E-state index is 0.196. The molecule has 0 saturated heterocycles. The van der Waals surface area contributed by atoms with Gasteiger partial charge in [0.1, 0.15) is 5.75 Å². The van der Waals surface area contributed by atoms with Crippen LogP contribution in [0.15, 0.2) is 58.4 Å². The lowest BCUT2D eigenvalue weighted by Gasteiger charge is -2.10. The summed E-state index contributed by atoms with van der Waals surface area (Å²) in [7, 11) is 1.60. The van der Waals surface area contributed by atoms with Crippen molar-refractivity contribution in [2.45, 2.75) is 13.5 Å². The monoisotopic (exact) mass is 363 g/mol. The van der Waals surface area contributed by atoms with Crippen LogP contribution in [0, 0.1) is 6.92 Å². The first-order valence-corrected chi connectivity index (χ1v) is 8.34. The smallest absolute Gasteiger partial charge is 0.283 e. The Morgan fingerprint density at radius 1 is 1.11 bits per heavy atom. The highest BCUT2D eigenvalue weighted by molar-refractivity contribution is 5.80. The molecule has 8 nitrogen and oxygen atoms in total. The van der Waals surface area contributed by atoms with E-state index in [2.05, 4.69) is 15.1 Å². The number of nitrogens with zero attached hydrogens (tertiary/aromatic N) is 4. The van der Waals surface area contributed by atoms with E-state index >= 15 is 0 Å². The number of aromatic amines is 1. The van der Waals surface area contributed by atoms with Crippen molar-refractivity contribution in [1.82, 2.24) is 24.3 Å². The number of aryl methyl sites for hydroxylation is 1. The van der Waals surface area contributed by atoms with Crippen molar-refractivity contribution in [2.24, 2.45) is 0 Å². The van der Waals surface area contributed by atoms with E-state index in [0.717, 1.165) is 11.3 Å². The van der Waals surface area contributed by atoms with Gasteiger partial charge in [-0.25, -0.2) is 9.97 Å². The van der Waals surface area contributed by atoms with E-state index in [9.17, 15) is 9.59 Å². The average Bonchev–Trinajstić information content (AvgIpc) is 3.02. The minimum Gasteiger partial charge on any atom is -0.497 e. The number of pyridine rings is 1. The van der Waals surface area contributed by atoms with Gasteiger partial charge in [0.2, 0.25) is 0 Å². The maximum Gasteiger partial charge on any atom is 0.283 e. The first kappa shape index (κ1) is 16.8. The molecule has 0 saturated carbocycles. The van der Waals surface area contributed by atoms with Crippen LogP contribution < -0.4 is 15.9 Å². The molecule has 0 amide bonds. The molecule has 0 unspecified atom stereocenters. The van der Waals surface area contributed by atoms with Gasteiger partial charge in [0.15, 0.2) is 0 Å². The molecule has 4 rings (SSSR count). The van der Waals surface area contributed by atoms with Gasteiger partial charge in [0, 0.05) is 24.2 Å². The van der Waals surface area contributed by atoms with Gasteiger partial charge in [-0.2, -0.15) is 4.68 Å². The van der Waals surface area contributed by atoms with E-state index in [0.29, 0.717) is 23.1 Å². The molecule has 27 heavy (non-hydrogen) atoms. The fourth-order valence-electron chi connectivity index (χ4n) is 3.07. The lowest BCUT2D eigenvalue weighted by molar-refractivity contribution is 0.414. The van der Waals surface area contributed by atoms with Gasteiger partial charge in [0.05, 0.1) is 24.6 Å². The molecular formula is C19H17N5O3. The van der Waals surface area contributed by atoms with Crippen LogP contribution in [0.1, 0.15) is 11.3 Å². The van der Waals surface area contributed by atoms with Crippen LogP contribution in [-0.4, -0.2) is 31.4 Å². The van der Waals surface area contributed by atoms with Crippen LogP contribution in [-0.2, 0) is 6.54 Å². The maximum absolute atomic E-state index is 12.9. The summed E-state index contributed by atoms with van der Waals surface area (Å²) >= 11 is 0. The molecule has 8 heteroatoms. The number of ether oxygens (including phenoxy) is 1. The molecule has 0 fully saturated rings. The van der Waals surface area contributed by atoms with Crippen molar-refractivity contribution in [3.63, 3.8) is 0 Å². The Labute approximate surface area is 153 Å². The zero-order chi connectivity index (χ0) is 19.0. The number of rotatable bonds is 4. The zero-order valence-electron chi connectivity index (χ0n) is 14.8. The zero-order valence-corrected chi connectivity index (χ0v) is 14.8. The van der Waals surface area contributed by atoms with Crippen LogP contribution in [0.3, 0.4) is 0 Å². The van der Waals surface area contributed by atoms with Gasteiger partial charge in [-0.15, -0.1) is 0 Å². The second-order valence-corrected chi connectivity index (χ2v) is 6.09. The average molecular weight is 363 g/mol. The summed E-state index contributed by atoms with van der Waals surface area (Å²) in [5.74, 6) is 0.974. The standard InChI is InChI=1S/C19H17N5O3/c1-12-17-15(22-24(18(17)26)19-20-8-3-9-21-19)10-16(25)23(12)11-13-4-6-14(27-2)7-5-13/h3-10,22H,11H2,1-2H3. The summed E-state index contributed by atoms with van der Waals surface area (Å²) in [4.78, 5) is 33.7. The van der Waals surface area contributed by atoms with E-state index in [1.807, 2.05) is 24.3 Å². The number of hydrogen-bond donors (Lipinski definition) is 1. The minimum atomic E-state index is -0.294. The van der Waals surface area contributed by atoms with Gasteiger partial charge in [0.25, 0.3) is 17.1 Å². The summed E-state index contributed by atoms with van der Waals surface area (Å²) in [6.45, 7) is 2.12. The lowest BCUT2D eigenvalue weighted by Crippen LogP contribution is -2.24. The molecule has 3 heterocycles.